The van der Waals surface area contributed by atoms with Crippen LogP contribution in [0.1, 0.15) is 11.5 Å². The van der Waals surface area contributed by atoms with E-state index in [-0.39, 0.29) is 18.0 Å². The Kier molecular flexibility index (Phi) is 4.46. The molecule has 0 saturated heterocycles. The second-order valence-electron chi connectivity index (χ2n) is 5.40. The fourth-order valence-electron chi connectivity index (χ4n) is 2.90. The summed E-state index contributed by atoms with van der Waals surface area (Å²) in [6.45, 7) is -0.186. The molecule has 1 aliphatic rings. The number of benzene rings is 2. The van der Waals surface area contributed by atoms with E-state index in [1.165, 1.54) is 24.3 Å². The third kappa shape index (κ3) is 2.84. The van der Waals surface area contributed by atoms with Gasteiger partial charge in [-0.3, -0.25) is 0 Å². The maximum atomic E-state index is 14.0. The number of ether oxygens (including phenoxy) is 1. The van der Waals surface area contributed by atoms with Gasteiger partial charge in [-0.25, -0.2) is 22.6 Å². The summed E-state index contributed by atoms with van der Waals surface area (Å²) in [6.07, 6.45) is 1.43. The van der Waals surface area contributed by atoms with Crippen LogP contribution < -0.4 is 4.74 Å². The van der Waals surface area contributed by atoms with Crippen LogP contribution >= 0.6 is 0 Å². The van der Waals surface area contributed by atoms with Crippen LogP contribution in [0, 0.1) is 5.82 Å². The Bertz CT molecular complexity index is 906. The number of aliphatic imine (C=N–C) groups is 1. The molecular weight excluding hydrogens is 333 g/mol. The van der Waals surface area contributed by atoms with Crippen molar-refractivity contribution < 1.29 is 22.3 Å². The number of halogens is 1. The van der Waals surface area contributed by atoms with Crippen molar-refractivity contribution in [1.29, 1.82) is 0 Å². The molecule has 2 unspecified atom stereocenters. The molecule has 0 N–H and O–H groups in total. The van der Waals surface area contributed by atoms with E-state index < -0.39 is 26.8 Å². The van der Waals surface area contributed by atoms with Crippen molar-refractivity contribution in [2.75, 3.05) is 13.2 Å². The highest BCUT2D eigenvalue weighted by molar-refractivity contribution is 7.92. The van der Waals surface area contributed by atoms with Gasteiger partial charge >= 0.3 is 0 Å². The standard InChI is InChI=1S/C17H14FNO4S/c18-14-6-2-4-8-16(14)24(21,22)17-10-23-15-7-3-1-5-12(15)13(17)9-19-11-20/h1-8,13,17H,9-10H2. The predicted octanol–water partition coefficient (Wildman–Crippen LogP) is 2.48. The van der Waals surface area contributed by atoms with Crippen molar-refractivity contribution in [1.82, 2.24) is 0 Å². The second kappa shape index (κ2) is 6.55. The Hall–Kier alpha value is -2.50. The number of isocyanates is 1. The lowest BCUT2D eigenvalue weighted by atomic mass is 9.93. The minimum Gasteiger partial charge on any atom is -0.492 e. The molecule has 0 spiro atoms. The summed E-state index contributed by atoms with van der Waals surface area (Å²) >= 11 is 0. The van der Waals surface area contributed by atoms with Crippen LogP contribution in [0.3, 0.4) is 0 Å². The lowest BCUT2D eigenvalue weighted by Crippen LogP contribution is -2.39. The van der Waals surface area contributed by atoms with Gasteiger partial charge in [0.05, 0.1) is 6.54 Å². The zero-order valence-corrected chi connectivity index (χ0v) is 13.4. The molecule has 7 heteroatoms. The lowest BCUT2D eigenvalue weighted by molar-refractivity contribution is 0.270. The van der Waals surface area contributed by atoms with Gasteiger partial charge in [-0.15, -0.1) is 0 Å². The third-order valence-corrected chi connectivity index (χ3v) is 6.27. The van der Waals surface area contributed by atoms with Gasteiger partial charge in [0, 0.05) is 11.5 Å². The van der Waals surface area contributed by atoms with Crippen molar-refractivity contribution in [3.63, 3.8) is 0 Å². The molecule has 0 fully saturated rings. The van der Waals surface area contributed by atoms with E-state index >= 15 is 0 Å². The summed E-state index contributed by atoms with van der Waals surface area (Å²) in [5.41, 5.74) is 0.632. The van der Waals surface area contributed by atoms with Gasteiger partial charge in [0.1, 0.15) is 28.3 Å². The van der Waals surface area contributed by atoms with Crippen LogP contribution in [-0.2, 0) is 14.6 Å². The monoisotopic (exact) mass is 347 g/mol. The molecule has 0 bridgehead atoms. The number of hydrogen-bond acceptors (Lipinski definition) is 5. The van der Waals surface area contributed by atoms with Gasteiger partial charge in [0.2, 0.25) is 6.08 Å². The normalized spacial score (nSPS) is 19.7. The second-order valence-corrected chi connectivity index (χ2v) is 7.54. The molecule has 2 aromatic carbocycles. The minimum atomic E-state index is -4.00. The molecule has 5 nitrogen and oxygen atoms in total. The predicted molar refractivity (Wildman–Crippen MR) is 85.0 cm³/mol. The average Bonchev–Trinajstić information content (AvgIpc) is 2.59. The number of sulfone groups is 1. The molecule has 1 heterocycles. The van der Waals surface area contributed by atoms with Crippen molar-refractivity contribution in [3.8, 4) is 5.75 Å². The maximum absolute atomic E-state index is 14.0. The van der Waals surface area contributed by atoms with Gasteiger partial charge in [0.15, 0.2) is 9.84 Å². The van der Waals surface area contributed by atoms with E-state index in [0.717, 1.165) is 6.07 Å². The SMILES string of the molecule is O=C=NCC1c2ccccc2OCC1S(=O)(=O)c1ccccc1F. The first-order valence-corrected chi connectivity index (χ1v) is 8.84. The van der Waals surface area contributed by atoms with Crippen LogP contribution in [0.5, 0.6) is 5.75 Å². The highest BCUT2D eigenvalue weighted by Gasteiger charge is 2.41. The van der Waals surface area contributed by atoms with Gasteiger partial charge in [-0.2, -0.15) is 0 Å². The number of fused-ring (bicyclic) bond motifs is 1. The molecule has 0 aromatic heterocycles. The molecule has 0 aliphatic carbocycles. The quantitative estimate of drug-likeness (QED) is 0.629. The van der Waals surface area contributed by atoms with E-state index in [2.05, 4.69) is 4.99 Å². The lowest BCUT2D eigenvalue weighted by Gasteiger charge is -2.32. The molecule has 1 aliphatic heterocycles. The number of carbonyl (C=O) groups excluding carboxylic acids is 1. The van der Waals surface area contributed by atoms with Crippen LogP contribution in [0.4, 0.5) is 4.39 Å². The summed E-state index contributed by atoms with van der Waals surface area (Å²) in [7, 11) is -4.00. The van der Waals surface area contributed by atoms with E-state index in [9.17, 15) is 17.6 Å². The molecule has 0 saturated carbocycles. The zero-order chi connectivity index (χ0) is 17.2. The van der Waals surface area contributed by atoms with Crippen LogP contribution in [0.2, 0.25) is 0 Å². The van der Waals surface area contributed by atoms with Gasteiger partial charge in [-0.05, 0) is 18.2 Å². The Balaban J connectivity index is 2.09. The average molecular weight is 347 g/mol. The summed E-state index contributed by atoms with van der Waals surface area (Å²) < 4.78 is 45.4. The molecule has 3 rings (SSSR count). The number of para-hydroxylation sites is 1. The molecule has 0 radical (unpaired) electrons. The maximum Gasteiger partial charge on any atom is 0.234 e. The Morgan fingerprint density at radius 3 is 2.62 bits per heavy atom. The highest BCUT2D eigenvalue weighted by atomic mass is 32.2. The number of rotatable bonds is 4. The molecule has 2 atom stereocenters. The first-order chi connectivity index (χ1) is 11.6. The summed E-state index contributed by atoms with van der Waals surface area (Å²) in [6, 6.07) is 12.2. The summed E-state index contributed by atoms with van der Waals surface area (Å²) in [5, 5.41) is -1.04. The van der Waals surface area contributed by atoms with Crippen molar-refractivity contribution in [2.24, 2.45) is 4.99 Å². The van der Waals surface area contributed by atoms with Gasteiger partial charge < -0.3 is 4.74 Å². The molecular formula is C17H14FNO4S. The Morgan fingerprint density at radius 1 is 1.17 bits per heavy atom. The molecule has 24 heavy (non-hydrogen) atoms. The third-order valence-electron chi connectivity index (χ3n) is 4.06. The topological polar surface area (TPSA) is 72.8 Å². The van der Waals surface area contributed by atoms with Crippen LogP contribution in [0.25, 0.3) is 0 Å². The molecule has 124 valence electrons. The minimum absolute atomic E-state index is 0.0534. The van der Waals surface area contributed by atoms with Crippen molar-refractivity contribution in [2.45, 2.75) is 16.1 Å². The van der Waals surface area contributed by atoms with Crippen molar-refractivity contribution in [3.05, 3.63) is 59.9 Å². The van der Waals surface area contributed by atoms with Gasteiger partial charge in [0.25, 0.3) is 0 Å². The molecule has 0 amide bonds. The zero-order valence-electron chi connectivity index (χ0n) is 12.6. The van der Waals surface area contributed by atoms with E-state index in [1.807, 2.05) is 0 Å². The van der Waals surface area contributed by atoms with E-state index in [0.29, 0.717) is 11.3 Å². The largest absolute Gasteiger partial charge is 0.492 e. The van der Waals surface area contributed by atoms with Crippen LogP contribution in [-0.4, -0.2) is 32.9 Å². The Morgan fingerprint density at radius 2 is 1.88 bits per heavy atom. The fourth-order valence-corrected chi connectivity index (χ4v) is 4.75. The van der Waals surface area contributed by atoms with E-state index in [1.54, 1.807) is 24.3 Å². The van der Waals surface area contributed by atoms with Crippen LogP contribution in [0.15, 0.2) is 58.4 Å². The first-order valence-electron chi connectivity index (χ1n) is 7.29. The summed E-state index contributed by atoms with van der Waals surface area (Å²) in [5.74, 6) is -0.876. The number of hydrogen-bond donors (Lipinski definition) is 0. The van der Waals surface area contributed by atoms with Crippen molar-refractivity contribution >= 4 is 15.9 Å². The van der Waals surface area contributed by atoms with E-state index in [4.69, 9.17) is 4.74 Å². The molecule has 2 aromatic rings. The first kappa shape index (κ1) is 16.4. The Labute approximate surface area is 138 Å². The van der Waals surface area contributed by atoms with Gasteiger partial charge in [-0.1, -0.05) is 30.3 Å². The summed E-state index contributed by atoms with van der Waals surface area (Å²) in [4.78, 5) is 13.7. The fraction of sp³-hybridized carbons (Fsp3) is 0.235. The highest BCUT2D eigenvalue weighted by Crippen LogP contribution is 2.39. The smallest absolute Gasteiger partial charge is 0.234 e. The number of nitrogens with zero attached hydrogens (tertiary/aromatic N) is 1.